The van der Waals surface area contributed by atoms with Crippen molar-refractivity contribution in [2.75, 3.05) is 12.0 Å². The second kappa shape index (κ2) is 5.02. The van der Waals surface area contributed by atoms with E-state index >= 15 is 0 Å². The van der Waals surface area contributed by atoms with Crippen LogP contribution in [-0.2, 0) is 16.3 Å². The van der Waals surface area contributed by atoms with Crippen LogP contribution in [0.5, 0.6) is 0 Å². The first kappa shape index (κ1) is 13.6. The lowest BCUT2D eigenvalue weighted by Crippen LogP contribution is -2.34. The molecule has 2 atom stereocenters. The Balaban J connectivity index is 2.08. The lowest BCUT2D eigenvalue weighted by molar-refractivity contribution is 0.472. The average Bonchev–Trinajstić information content (AvgIpc) is 2.58. The maximum Gasteiger partial charge on any atom is 0.148 e. The molecule has 100 valence electrons. The third-order valence-corrected chi connectivity index (χ3v) is 4.52. The average molecular weight is 267 g/mol. The summed E-state index contributed by atoms with van der Waals surface area (Å²) in [6.07, 6.45) is 3.43. The van der Waals surface area contributed by atoms with Crippen LogP contribution in [-0.4, -0.2) is 26.5 Å². The van der Waals surface area contributed by atoms with E-state index in [4.69, 9.17) is 0 Å². The highest BCUT2D eigenvalue weighted by atomic mass is 32.2. The van der Waals surface area contributed by atoms with E-state index in [0.717, 1.165) is 12.8 Å². The van der Waals surface area contributed by atoms with Gasteiger partial charge in [0.1, 0.15) is 9.84 Å². The summed E-state index contributed by atoms with van der Waals surface area (Å²) in [4.78, 5) is 0. The van der Waals surface area contributed by atoms with Gasteiger partial charge in [-0.25, -0.2) is 8.42 Å². The van der Waals surface area contributed by atoms with Gasteiger partial charge in [0.2, 0.25) is 0 Å². The molecule has 0 fully saturated rings. The number of nitrogens with one attached hydrogen (secondary N) is 1. The molecule has 0 radical (unpaired) electrons. The van der Waals surface area contributed by atoms with Gasteiger partial charge in [-0.15, -0.1) is 0 Å². The van der Waals surface area contributed by atoms with Crippen LogP contribution in [0, 0.1) is 6.92 Å². The number of aryl methyl sites for hydroxylation is 2. The Kier molecular flexibility index (Phi) is 3.78. The highest BCUT2D eigenvalue weighted by Crippen LogP contribution is 2.32. The third-order valence-electron chi connectivity index (χ3n) is 3.42. The van der Waals surface area contributed by atoms with Crippen LogP contribution in [0.1, 0.15) is 36.1 Å². The Morgan fingerprint density at radius 1 is 1.44 bits per heavy atom. The summed E-state index contributed by atoms with van der Waals surface area (Å²) in [6, 6.07) is 6.84. The van der Waals surface area contributed by atoms with E-state index in [1.807, 2.05) is 6.92 Å². The van der Waals surface area contributed by atoms with Crippen LogP contribution in [0.25, 0.3) is 0 Å². The second-order valence-electron chi connectivity index (χ2n) is 5.45. The molecule has 0 amide bonds. The zero-order valence-electron chi connectivity index (χ0n) is 11.2. The number of hydrogen-bond donors (Lipinski definition) is 1. The summed E-state index contributed by atoms with van der Waals surface area (Å²) in [6.45, 7) is 4.03. The Labute approximate surface area is 110 Å². The SMILES string of the molecule is Cc1ccc2c(c1)C(NC(C)CS(C)(=O)=O)CC2. The Bertz CT molecular complexity index is 537. The maximum atomic E-state index is 11.3. The predicted octanol–water partition coefficient (Wildman–Crippen LogP) is 2.01. The molecule has 0 spiro atoms. The molecule has 1 aliphatic carbocycles. The van der Waals surface area contributed by atoms with Gasteiger partial charge in [-0.3, -0.25) is 0 Å². The lowest BCUT2D eigenvalue weighted by Gasteiger charge is -2.20. The lowest BCUT2D eigenvalue weighted by atomic mass is 10.0. The van der Waals surface area contributed by atoms with Gasteiger partial charge >= 0.3 is 0 Å². The fourth-order valence-corrected chi connectivity index (χ4v) is 3.75. The largest absolute Gasteiger partial charge is 0.306 e. The number of sulfone groups is 1. The Morgan fingerprint density at radius 2 is 2.17 bits per heavy atom. The van der Waals surface area contributed by atoms with Gasteiger partial charge in [0.15, 0.2) is 0 Å². The van der Waals surface area contributed by atoms with Crippen molar-refractivity contribution in [2.24, 2.45) is 0 Å². The van der Waals surface area contributed by atoms with E-state index in [1.165, 1.54) is 22.9 Å². The standard InChI is InChI=1S/C14H21NO2S/c1-10-4-5-12-6-7-14(13(12)8-10)15-11(2)9-18(3,16)17/h4-5,8,11,14-15H,6-7,9H2,1-3H3. The van der Waals surface area contributed by atoms with Crippen LogP contribution in [0.4, 0.5) is 0 Å². The van der Waals surface area contributed by atoms with E-state index in [-0.39, 0.29) is 11.8 Å². The fourth-order valence-electron chi connectivity index (χ4n) is 2.74. The summed E-state index contributed by atoms with van der Waals surface area (Å²) in [7, 11) is -2.91. The van der Waals surface area contributed by atoms with Crippen molar-refractivity contribution >= 4 is 9.84 Å². The molecule has 0 saturated carbocycles. The topological polar surface area (TPSA) is 46.2 Å². The van der Waals surface area contributed by atoms with Crippen molar-refractivity contribution < 1.29 is 8.42 Å². The zero-order chi connectivity index (χ0) is 13.3. The van der Waals surface area contributed by atoms with Crippen molar-refractivity contribution in [2.45, 2.75) is 38.8 Å². The third kappa shape index (κ3) is 3.33. The van der Waals surface area contributed by atoms with Crippen LogP contribution in [0.3, 0.4) is 0 Å². The van der Waals surface area contributed by atoms with Crippen LogP contribution in [0.15, 0.2) is 18.2 Å². The van der Waals surface area contributed by atoms with Gasteiger partial charge in [-0.1, -0.05) is 23.8 Å². The number of rotatable bonds is 4. The molecule has 3 nitrogen and oxygen atoms in total. The maximum absolute atomic E-state index is 11.3. The molecule has 0 aliphatic heterocycles. The van der Waals surface area contributed by atoms with Gasteiger partial charge in [0.25, 0.3) is 0 Å². The quantitative estimate of drug-likeness (QED) is 0.907. The molecule has 2 unspecified atom stereocenters. The fraction of sp³-hybridized carbons (Fsp3) is 0.571. The Morgan fingerprint density at radius 3 is 2.83 bits per heavy atom. The summed E-state index contributed by atoms with van der Waals surface area (Å²) in [5.41, 5.74) is 4.00. The second-order valence-corrected chi connectivity index (χ2v) is 7.64. The van der Waals surface area contributed by atoms with E-state index in [9.17, 15) is 8.42 Å². The minimum Gasteiger partial charge on any atom is -0.306 e. The molecule has 0 aromatic heterocycles. The molecule has 0 saturated heterocycles. The van der Waals surface area contributed by atoms with E-state index in [2.05, 4.69) is 30.4 Å². The summed E-state index contributed by atoms with van der Waals surface area (Å²) in [5, 5.41) is 3.44. The van der Waals surface area contributed by atoms with Crippen molar-refractivity contribution in [3.05, 3.63) is 34.9 Å². The summed E-state index contributed by atoms with van der Waals surface area (Å²) < 4.78 is 22.6. The van der Waals surface area contributed by atoms with Gasteiger partial charge in [-0.05, 0) is 37.8 Å². The van der Waals surface area contributed by atoms with Crippen molar-refractivity contribution in [1.82, 2.24) is 5.32 Å². The van der Waals surface area contributed by atoms with E-state index in [1.54, 1.807) is 0 Å². The van der Waals surface area contributed by atoms with Crippen LogP contribution in [0.2, 0.25) is 0 Å². The molecule has 0 bridgehead atoms. The minimum atomic E-state index is -2.91. The number of fused-ring (bicyclic) bond motifs is 1. The number of benzene rings is 1. The van der Waals surface area contributed by atoms with Crippen LogP contribution >= 0.6 is 0 Å². The first-order valence-electron chi connectivity index (χ1n) is 6.38. The smallest absolute Gasteiger partial charge is 0.148 e. The van der Waals surface area contributed by atoms with E-state index in [0.29, 0.717) is 6.04 Å². The molecule has 1 aromatic rings. The molecular formula is C14H21NO2S. The van der Waals surface area contributed by atoms with Crippen LogP contribution < -0.4 is 5.32 Å². The molecule has 1 aromatic carbocycles. The van der Waals surface area contributed by atoms with Gasteiger partial charge in [0, 0.05) is 18.3 Å². The molecule has 1 aliphatic rings. The van der Waals surface area contributed by atoms with Crippen molar-refractivity contribution in [1.29, 1.82) is 0 Å². The van der Waals surface area contributed by atoms with Crippen molar-refractivity contribution in [3.8, 4) is 0 Å². The van der Waals surface area contributed by atoms with Gasteiger partial charge < -0.3 is 5.32 Å². The van der Waals surface area contributed by atoms with Gasteiger partial charge in [0.05, 0.1) is 5.75 Å². The summed E-state index contributed by atoms with van der Waals surface area (Å²) in [5.74, 6) is 0.199. The highest BCUT2D eigenvalue weighted by molar-refractivity contribution is 7.90. The molecule has 1 N–H and O–H groups in total. The first-order valence-corrected chi connectivity index (χ1v) is 8.44. The molecule has 2 rings (SSSR count). The molecule has 0 heterocycles. The predicted molar refractivity (Wildman–Crippen MR) is 74.5 cm³/mol. The summed E-state index contributed by atoms with van der Waals surface area (Å²) >= 11 is 0. The van der Waals surface area contributed by atoms with E-state index < -0.39 is 9.84 Å². The highest BCUT2D eigenvalue weighted by Gasteiger charge is 2.24. The molecule has 18 heavy (non-hydrogen) atoms. The monoisotopic (exact) mass is 267 g/mol. The zero-order valence-corrected chi connectivity index (χ0v) is 12.0. The van der Waals surface area contributed by atoms with Crippen molar-refractivity contribution in [3.63, 3.8) is 0 Å². The molecule has 4 heteroatoms. The first-order chi connectivity index (χ1) is 8.35. The normalized spacial score (nSPS) is 20.7. The minimum absolute atomic E-state index is 0.00328. The Hall–Kier alpha value is -0.870. The van der Waals surface area contributed by atoms with Gasteiger partial charge in [-0.2, -0.15) is 0 Å². The number of hydrogen-bond acceptors (Lipinski definition) is 3. The molecular weight excluding hydrogens is 246 g/mol.